The van der Waals surface area contributed by atoms with E-state index < -0.39 is 16.2 Å². The van der Waals surface area contributed by atoms with Gasteiger partial charge in [0, 0.05) is 6.20 Å². The first-order valence-electron chi connectivity index (χ1n) is 3.91. The van der Waals surface area contributed by atoms with Crippen molar-refractivity contribution >= 4 is 22.9 Å². The molecule has 76 valence electrons. The number of fused-ring (bicyclic) bond motifs is 1. The Hall–Kier alpha value is -1.95. The van der Waals surface area contributed by atoms with Crippen LogP contribution < -0.4 is 5.56 Å². The largest absolute Gasteiger partial charge is 0.352 e. The first-order chi connectivity index (χ1) is 7.09. The lowest BCUT2D eigenvalue weighted by atomic mass is 10.4. The van der Waals surface area contributed by atoms with Crippen LogP contribution in [-0.2, 0) is 0 Å². The van der Waals surface area contributed by atoms with Crippen molar-refractivity contribution in [3.63, 3.8) is 0 Å². The number of hydrogen-bond donors (Lipinski definition) is 0. The van der Waals surface area contributed by atoms with Gasteiger partial charge in [0.1, 0.15) is 11.8 Å². The van der Waals surface area contributed by atoms with E-state index in [4.69, 9.17) is 11.6 Å². The zero-order valence-electron chi connectivity index (χ0n) is 7.25. The summed E-state index contributed by atoms with van der Waals surface area (Å²) in [6, 6.07) is 3.06. The maximum atomic E-state index is 11.5. The van der Waals surface area contributed by atoms with Gasteiger partial charge in [0.25, 0.3) is 0 Å². The molecule has 0 aliphatic carbocycles. The Morgan fingerprint density at radius 1 is 1.47 bits per heavy atom. The summed E-state index contributed by atoms with van der Waals surface area (Å²) in [6.07, 6.45) is 2.23. The third-order valence-corrected chi connectivity index (χ3v) is 2.07. The predicted octanol–water partition coefficient (Wildman–Crippen LogP) is 1.26. The van der Waals surface area contributed by atoms with Crippen molar-refractivity contribution in [2.75, 3.05) is 0 Å². The lowest BCUT2D eigenvalue weighted by Gasteiger charge is -1.99. The minimum absolute atomic E-state index is 0.312. The number of nitrogens with zero attached hydrogens (tertiary/aromatic N) is 3. The van der Waals surface area contributed by atoms with E-state index in [-0.39, 0.29) is 0 Å². The standard InChI is InChI=1S/C8H4ClN3O3/c9-5-1-2-7-10-3-6(12(14)15)8(13)11(7)4-5/h1-4H. The van der Waals surface area contributed by atoms with E-state index in [1.807, 2.05) is 0 Å². The van der Waals surface area contributed by atoms with Crippen LogP contribution in [0, 0.1) is 10.1 Å². The highest BCUT2D eigenvalue weighted by atomic mass is 35.5. The number of pyridine rings is 1. The van der Waals surface area contributed by atoms with Crippen molar-refractivity contribution in [2.24, 2.45) is 0 Å². The Balaban J connectivity index is 2.89. The molecule has 0 N–H and O–H groups in total. The molecule has 0 aliphatic rings. The molecule has 6 nitrogen and oxygen atoms in total. The molecule has 0 atom stereocenters. The van der Waals surface area contributed by atoms with E-state index in [0.29, 0.717) is 10.7 Å². The van der Waals surface area contributed by atoms with Crippen LogP contribution in [0.4, 0.5) is 5.69 Å². The Morgan fingerprint density at radius 2 is 2.20 bits per heavy atom. The molecule has 7 heteroatoms. The molecule has 0 saturated carbocycles. The molecule has 15 heavy (non-hydrogen) atoms. The number of nitro groups is 1. The van der Waals surface area contributed by atoms with Crippen LogP contribution in [0.2, 0.25) is 5.02 Å². The highest BCUT2D eigenvalue weighted by Gasteiger charge is 2.14. The summed E-state index contributed by atoms with van der Waals surface area (Å²) in [4.78, 5) is 25.0. The Morgan fingerprint density at radius 3 is 2.87 bits per heavy atom. The van der Waals surface area contributed by atoms with Gasteiger partial charge in [-0.25, -0.2) is 4.98 Å². The van der Waals surface area contributed by atoms with Crippen LogP contribution in [0.25, 0.3) is 5.65 Å². The molecule has 0 unspecified atom stereocenters. The molecule has 0 fully saturated rings. The summed E-state index contributed by atoms with van der Waals surface area (Å²) >= 11 is 5.67. The average molecular weight is 226 g/mol. The van der Waals surface area contributed by atoms with E-state index in [1.165, 1.54) is 12.3 Å². The van der Waals surface area contributed by atoms with Crippen molar-refractivity contribution in [2.45, 2.75) is 0 Å². The Bertz CT molecular complexity index is 608. The van der Waals surface area contributed by atoms with Gasteiger partial charge in [0.2, 0.25) is 0 Å². The molecule has 0 aromatic carbocycles. The molecule has 0 amide bonds. The van der Waals surface area contributed by atoms with E-state index in [1.54, 1.807) is 6.07 Å². The van der Waals surface area contributed by atoms with Crippen molar-refractivity contribution in [1.29, 1.82) is 0 Å². The molecule has 0 bridgehead atoms. The summed E-state index contributed by atoms with van der Waals surface area (Å²) in [6.45, 7) is 0. The second kappa shape index (κ2) is 3.32. The SMILES string of the molecule is O=c1c([N+](=O)[O-])cnc2ccc(Cl)cn12. The minimum atomic E-state index is -0.775. The third-order valence-electron chi connectivity index (χ3n) is 1.84. The van der Waals surface area contributed by atoms with Crippen molar-refractivity contribution in [1.82, 2.24) is 9.38 Å². The molecule has 0 aliphatic heterocycles. The quantitative estimate of drug-likeness (QED) is 0.541. The van der Waals surface area contributed by atoms with Gasteiger partial charge < -0.3 is 0 Å². The molecule has 2 heterocycles. The van der Waals surface area contributed by atoms with E-state index >= 15 is 0 Å². The molecular weight excluding hydrogens is 222 g/mol. The summed E-state index contributed by atoms with van der Waals surface area (Å²) in [5.74, 6) is 0. The lowest BCUT2D eigenvalue weighted by molar-refractivity contribution is -0.386. The fourth-order valence-electron chi connectivity index (χ4n) is 1.17. The van der Waals surface area contributed by atoms with Crippen molar-refractivity contribution in [3.8, 4) is 0 Å². The maximum absolute atomic E-state index is 11.5. The second-order valence-electron chi connectivity index (χ2n) is 2.78. The van der Waals surface area contributed by atoms with Gasteiger partial charge in [0.15, 0.2) is 0 Å². The summed E-state index contributed by atoms with van der Waals surface area (Å²) < 4.78 is 1.04. The summed E-state index contributed by atoms with van der Waals surface area (Å²) in [5.41, 5.74) is -1.00. The van der Waals surface area contributed by atoms with Crippen LogP contribution in [0.15, 0.2) is 29.3 Å². The fraction of sp³-hybridized carbons (Fsp3) is 0. The van der Waals surface area contributed by atoms with Crippen LogP contribution in [0.5, 0.6) is 0 Å². The molecule has 2 aromatic rings. The third kappa shape index (κ3) is 1.55. The van der Waals surface area contributed by atoms with Crippen molar-refractivity contribution < 1.29 is 4.92 Å². The zero-order valence-corrected chi connectivity index (χ0v) is 8.01. The normalized spacial score (nSPS) is 10.5. The molecular formula is C8H4ClN3O3. The van der Waals surface area contributed by atoms with Gasteiger partial charge in [-0.1, -0.05) is 11.6 Å². The van der Waals surface area contributed by atoms with Gasteiger partial charge in [0.05, 0.1) is 9.95 Å². The van der Waals surface area contributed by atoms with Gasteiger partial charge in [-0.05, 0) is 12.1 Å². The first kappa shape index (κ1) is 9.60. The number of aromatic nitrogens is 2. The van der Waals surface area contributed by atoms with E-state index in [0.717, 1.165) is 10.6 Å². The van der Waals surface area contributed by atoms with Crippen molar-refractivity contribution in [3.05, 3.63) is 50.0 Å². The molecule has 0 spiro atoms. The number of rotatable bonds is 1. The molecule has 2 rings (SSSR count). The summed E-state index contributed by atoms with van der Waals surface area (Å²) in [7, 11) is 0. The van der Waals surface area contributed by atoms with E-state index in [2.05, 4.69) is 4.98 Å². The lowest BCUT2D eigenvalue weighted by Crippen LogP contribution is -2.17. The number of halogens is 1. The van der Waals surface area contributed by atoms with Crippen LogP contribution in [0.1, 0.15) is 0 Å². The Kier molecular flexibility index (Phi) is 2.12. The van der Waals surface area contributed by atoms with E-state index in [9.17, 15) is 14.9 Å². The summed E-state index contributed by atoms with van der Waals surface area (Å²) in [5, 5.41) is 10.8. The second-order valence-corrected chi connectivity index (χ2v) is 3.22. The van der Waals surface area contributed by atoms with Crippen LogP contribution in [-0.4, -0.2) is 14.3 Å². The van der Waals surface area contributed by atoms with Crippen LogP contribution >= 0.6 is 11.6 Å². The predicted molar refractivity (Wildman–Crippen MR) is 53.1 cm³/mol. The van der Waals surface area contributed by atoms with Gasteiger partial charge >= 0.3 is 11.2 Å². The average Bonchev–Trinajstić information content (AvgIpc) is 2.19. The zero-order chi connectivity index (χ0) is 11.0. The minimum Gasteiger partial charge on any atom is -0.261 e. The molecule has 0 saturated heterocycles. The van der Waals surface area contributed by atoms with Gasteiger partial charge in [-0.3, -0.25) is 19.3 Å². The fourth-order valence-corrected chi connectivity index (χ4v) is 1.33. The monoisotopic (exact) mass is 225 g/mol. The van der Waals surface area contributed by atoms with Gasteiger partial charge in [-0.2, -0.15) is 0 Å². The highest BCUT2D eigenvalue weighted by molar-refractivity contribution is 6.30. The van der Waals surface area contributed by atoms with Crippen LogP contribution in [0.3, 0.4) is 0 Å². The first-order valence-corrected chi connectivity index (χ1v) is 4.29. The molecule has 0 radical (unpaired) electrons. The Labute approximate surface area is 87.9 Å². The number of hydrogen-bond acceptors (Lipinski definition) is 4. The smallest absolute Gasteiger partial charge is 0.261 e. The maximum Gasteiger partial charge on any atom is 0.352 e. The molecule has 2 aromatic heterocycles. The topological polar surface area (TPSA) is 77.5 Å². The van der Waals surface area contributed by atoms with Gasteiger partial charge in [-0.15, -0.1) is 0 Å². The highest BCUT2D eigenvalue weighted by Crippen LogP contribution is 2.09.